The number of ether oxygens (including phenoxy) is 2. The van der Waals surface area contributed by atoms with Crippen LogP contribution in [0.25, 0.3) is 11.4 Å². The Morgan fingerprint density at radius 3 is 2.56 bits per heavy atom. The van der Waals surface area contributed by atoms with Crippen molar-refractivity contribution >= 4 is 29.2 Å². The Hall–Kier alpha value is -4.15. The van der Waals surface area contributed by atoms with Gasteiger partial charge in [-0.05, 0) is 26.0 Å². The Bertz CT molecular complexity index is 1130. The molecular formula is C21H25N7O4. The molecule has 2 heterocycles. The molecule has 11 heteroatoms. The summed E-state index contributed by atoms with van der Waals surface area (Å²) in [5.74, 6) is 0.852. The summed E-state index contributed by atoms with van der Waals surface area (Å²) in [5.41, 5.74) is 1.93. The molecule has 0 saturated heterocycles. The maximum Gasteiger partial charge on any atom is 0.413 e. The van der Waals surface area contributed by atoms with Gasteiger partial charge in [0.25, 0.3) is 5.91 Å². The molecule has 1 aromatic carbocycles. The lowest BCUT2D eigenvalue weighted by molar-refractivity contribution is 0.0963. The quantitative estimate of drug-likeness (QED) is 0.512. The number of carbonyl (C=O) groups excluding carboxylic acids is 2. The maximum absolute atomic E-state index is 12.4. The number of carbonyl (C=O) groups is 2. The van der Waals surface area contributed by atoms with E-state index in [1.54, 1.807) is 38.0 Å². The predicted molar refractivity (Wildman–Crippen MR) is 119 cm³/mol. The summed E-state index contributed by atoms with van der Waals surface area (Å²) in [6.07, 6.45) is 2.02. The van der Waals surface area contributed by atoms with Crippen molar-refractivity contribution in [2.24, 2.45) is 7.05 Å². The van der Waals surface area contributed by atoms with Crippen molar-refractivity contribution in [1.29, 1.82) is 0 Å². The monoisotopic (exact) mass is 439 g/mol. The Balaban J connectivity index is 2.00. The number of methoxy groups -OCH3 is 1. The van der Waals surface area contributed by atoms with Gasteiger partial charge in [-0.25, -0.2) is 14.8 Å². The highest BCUT2D eigenvalue weighted by Gasteiger charge is 2.18. The Morgan fingerprint density at radius 2 is 1.94 bits per heavy atom. The lowest BCUT2D eigenvalue weighted by Gasteiger charge is -2.17. The SMILES string of the molecule is CNC(=O)c1cnc(NC(=O)OC(C)C)cc1Nc1cccc(-c2ncn(C)n2)c1OC. The molecule has 0 saturated carbocycles. The van der Waals surface area contributed by atoms with Crippen LogP contribution < -0.4 is 20.7 Å². The second-order valence-corrected chi connectivity index (χ2v) is 7.03. The fraction of sp³-hybridized carbons (Fsp3) is 0.286. The molecule has 32 heavy (non-hydrogen) atoms. The smallest absolute Gasteiger partial charge is 0.413 e. The maximum atomic E-state index is 12.4. The topological polar surface area (TPSA) is 132 Å². The van der Waals surface area contributed by atoms with E-state index in [0.29, 0.717) is 28.5 Å². The van der Waals surface area contributed by atoms with Crippen molar-refractivity contribution in [2.75, 3.05) is 24.8 Å². The van der Waals surface area contributed by atoms with E-state index < -0.39 is 6.09 Å². The highest BCUT2D eigenvalue weighted by atomic mass is 16.6. The number of anilines is 3. The van der Waals surface area contributed by atoms with Crippen molar-refractivity contribution < 1.29 is 19.1 Å². The summed E-state index contributed by atoms with van der Waals surface area (Å²) < 4.78 is 12.3. The predicted octanol–water partition coefficient (Wildman–Crippen LogP) is 2.95. The molecule has 0 unspecified atom stereocenters. The third-order valence-electron chi connectivity index (χ3n) is 4.28. The molecule has 3 aromatic rings. The van der Waals surface area contributed by atoms with Gasteiger partial charge in [0, 0.05) is 26.4 Å². The summed E-state index contributed by atoms with van der Waals surface area (Å²) >= 11 is 0. The molecule has 0 bridgehead atoms. The van der Waals surface area contributed by atoms with Crippen LogP contribution in [0.2, 0.25) is 0 Å². The van der Waals surface area contributed by atoms with Crippen molar-refractivity contribution in [1.82, 2.24) is 25.1 Å². The first-order valence-corrected chi connectivity index (χ1v) is 9.82. The zero-order chi connectivity index (χ0) is 23.3. The highest BCUT2D eigenvalue weighted by molar-refractivity contribution is 6.01. The first-order valence-electron chi connectivity index (χ1n) is 9.82. The minimum absolute atomic E-state index is 0.215. The molecule has 2 aromatic heterocycles. The van der Waals surface area contributed by atoms with E-state index in [0.717, 1.165) is 0 Å². The normalized spacial score (nSPS) is 10.6. The number of hydrogen-bond donors (Lipinski definition) is 3. The van der Waals surface area contributed by atoms with Gasteiger partial charge in [-0.15, -0.1) is 0 Å². The molecule has 168 valence electrons. The minimum Gasteiger partial charge on any atom is -0.494 e. The molecule has 0 spiro atoms. The lowest BCUT2D eigenvalue weighted by atomic mass is 10.1. The molecule has 0 aliphatic carbocycles. The number of nitrogens with zero attached hydrogens (tertiary/aromatic N) is 4. The fourth-order valence-corrected chi connectivity index (χ4v) is 2.93. The number of aromatic nitrogens is 4. The van der Waals surface area contributed by atoms with Crippen molar-refractivity contribution in [2.45, 2.75) is 20.0 Å². The number of benzene rings is 1. The van der Waals surface area contributed by atoms with Gasteiger partial charge < -0.3 is 20.1 Å². The van der Waals surface area contributed by atoms with Gasteiger partial charge in [-0.1, -0.05) is 6.07 Å². The second kappa shape index (κ2) is 9.77. The number of pyridine rings is 1. The average molecular weight is 439 g/mol. The Labute approximate surface area is 185 Å². The molecule has 11 nitrogen and oxygen atoms in total. The van der Waals surface area contributed by atoms with Gasteiger partial charge in [-0.2, -0.15) is 5.10 Å². The second-order valence-electron chi connectivity index (χ2n) is 7.03. The van der Waals surface area contributed by atoms with Crippen LogP contribution in [0.15, 0.2) is 36.8 Å². The van der Waals surface area contributed by atoms with E-state index in [2.05, 4.69) is 31.0 Å². The summed E-state index contributed by atoms with van der Waals surface area (Å²) in [4.78, 5) is 32.8. The number of para-hydroxylation sites is 1. The van der Waals surface area contributed by atoms with E-state index in [1.165, 1.54) is 26.4 Å². The first-order chi connectivity index (χ1) is 15.3. The van der Waals surface area contributed by atoms with E-state index in [-0.39, 0.29) is 23.4 Å². The zero-order valence-corrected chi connectivity index (χ0v) is 18.5. The van der Waals surface area contributed by atoms with Crippen LogP contribution in [-0.4, -0.2) is 52.0 Å². The fourth-order valence-electron chi connectivity index (χ4n) is 2.93. The number of hydrogen-bond acceptors (Lipinski definition) is 8. The summed E-state index contributed by atoms with van der Waals surface area (Å²) in [6, 6.07) is 6.98. The lowest BCUT2D eigenvalue weighted by Crippen LogP contribution is -2.21. The number of nitrogens with one attached hydrogen (secondary N) is 3. The van der Waals surface area contributed by atoms with Gasteiger partial charge >= 0.3 is 6.09 Å². The Morgan fingerprint density at radius 1 is 1.16 bits per heavy atom. The molecule has 3 N–H and O–H groups in total. The molecule has 0 atom stereocenters. The van der Waals surface area contributed by atoms with Gasteiger partial charge in [0.1, 0.15) is 12.1 Å². The van der Waals surface area contributed by atoms with Gasteiger partial charge in [0.2, 0.25) is 0 Å². The van der Waals surface area contributed by atoms with E-state index >= 15 is 0 Å². The molecule has 0 radical (unpaired) electrons. The minimum atomic E-state index is -0.646. The standard InChI is InChI=1S/C21H25N7O4/c1-12(2)32-21(30)26-17-9-16(14(10-23-17)20(29)22-3)25-15-8-6-7-13(18(15)31-5)19-24-11-28(4)27-19/h6-12H,1-5H3,(H,22,29)(H2,23,25,26,30). The van der Waals surface area contributed by atoms with Gasteiger partial charge in [-0.3, -0.25) is 14.8 Å². The van der Waals surface area contributed by atoms with Crippen LogP contribution in [0.1, 0.15) is 24.2 Å². The molecule has 3 rings (SSSR count). The number of amides is 2. The van der Waals surface area contributed by atoms with Crippen molar-refractivity contribution in [3.8, 4) is 17.1 Å². The molecular weight excluding hydrogens is 414 g/mol. The third kappa shape index (κ3) is 5.12. The summed E-state index contributed by atoms with van der Waals surface area (Å²) in [5, 5.41) is 12.7. The highest BCUT2D eigenvalue weighted by Crippen LogP contribution is 2.37. The van der Waals surface area contributed by atoms with Crippen LogP contribution in [0.3, 0.4) is 0 Å². The third-order valence-corrected chi connectivity index (χ3v) is 4.28. The molecule has 0 aliphatic rings. The van der Waals surface area contributed by atoms with Crippen LogP contribution in [0, 0.1) is 0 Å². The van der Waals surface area contributed by atoms with Gasteiger partial charge in [0.05, 0.1) is 35.7 Å². The van der Waals surface area contributed by atoms with E-state index in [1.807, 2.05) is 12.1 Å². The molecule has 2 amide bonds. The molecule has 0 fully saturated rings. The van der Waals surface area contributed by atoms with Crippen LogP contribution in [0.5, 0.6) is 5.75 Å². The van der Waals surface area contributed by atoms with E-state index in [4.69, 9.17) is 9.47 Å². The van der Waals surface area contributed by atoms with Gasteiger partial charge in [0.15, 0.2) is 11.6 Å². The Kier molecular flexibility index (Phi) is 6.88. The first kappa shape index (κ1) is 22.5. The van der Waals surface area contributed by atoms with Crippen LogP contribution in [-0.2, 0) is 11.8 Å². The van der Waals surface area contributed by atoms with Crippen molar-refractivity contribution in [3.05, 3.63) is 42.4 Å². The summed E-state index contributed by atoms with van der Waals surface area (Å²) in [6.45, 7) is 3.48. The number of rotatable bonds is 7. The van der Waals surface area contributed by atoms with E-state index in [9.17, 15) is 9.59 Å². The van der Waals surface area contributed by atoms with Crippen LogP contribution >= 0.6 is 0 Å². The van der Waals surface area contributed by atoms with Crippen LogP contribution in [0.4, 0.5) is 22.0 Å². The zero-order valence-electron chi connectivity index (χ0n) is 18.5. The largest absolute Gasteiger partial charge is 0.494 e. The average Bonchev–Trinajstić information content (AvgIpc) is 3.18. The van der Waals surface area contributed by atoms with Crippen molar-refractivity contribution in [3.63, 3.8) is 0 Å². The molecule has 0 aliphatic heterocycles. The number of aryl methyl sites for hydroxylation is 1. The summed E-state index contributed by atoms with van der Waals surface area (Å²) in [7, 11) is 4.83.